The first-order chi connectivity index (χ1) is 17.3. The Hall–Kier alpha value is -3.85. The standard InChI is InChI=1S/C27H29N3O5S/c1-3-35-25-13-8-7-12-23(25)30(36(33,34)22-10-5-4-6-11-22)19-26(31)28-21-16-15-20(2)24(18-21)29-17-9-14-27(29)32/h4-8,10-13,15-16,18H,3,9,14,17,19H2,1-2H3,(H,28,31). The van der Waals surface area contributed by atoms with E-state index in [0.717, 1.165) is 22.0 Å². The number of para-hydroxylation sites is 2. The number of sulfonamides is 1. The second-order valence-corrected chi connectivity index (χ2v) is 10.3. The summed E-state index contributed by atoms with van der Waals surface area (Å²) >= 11 is 0. The lowest BCUT2D eigenvalue weighted by atomic mass is 10.1. The molecule has 188 valence electrons. The van der Waals surface area contributed by atoms with E-state index in [1.165, 1.54) is 12.1 Å². The van der Waals surface area contributed by atoms with Crippen LogP contribution in [0, 0.1) is 6.92 Å². The van der Waals surface area contributed by atoms with Crippen LogP contribution in [0.4, 0.5) is 17.1 Å². The topological polar surface area (TPSA) is 96.0 Å². The molecule has 0 bridgehead atoms. The summed E-state index contributed by atoms with van der Waals surface area (Å²) in [6.07, 6.45) is 1.29. The van der Waals surface area contributed by atoms with Gasteiger partial charge in [-0.3, -0.25) is 13.9 Å². The Kier molecular flexibility index (Phi) is 7.59. The van der Waals surface area contributed by atoms with Gasteiger partial charge < -0.3 is 15.0 Å². The lowest BCUT2D eigenvalue weighted by Crippen LogP contribution is -2.38. The maximum atomic E-state index is 13.6. The average Bonchev–Trinajstić information content (AvgIpc) is 3.30. The zero-order valence-corrected chi connectivity index (χ0v) is 21.1. The van der Waals surface area contributed by atoms with Crippen molar-refractivity contribution in [2.75, 3.05) is 34.2 Å². The van der Waals surface area contributed by atoms with Gasteiger partial charge >= 0.3 is 0 Å². The highest BCUT2D eigenvalue weighted by Crippen LogP contribution is 2.33. The predicted molar refractivity (Wildman–Crippen MR) is 140 cm³/mol. The molecule has 1 N–H and O–H groups in total. The quantitative estimate of drug-likeness (QED) is 0.464. The molecule has 0 aliphatic carbocycles. The van der Waals surface area contributed by atoms with Crippen molar-refractivity contribution in [1.29, 1.82) is 0 Å². The molecule has 0 unspecified atom stereocenters. The van der Waals surface area contributed by atoms with Crippen LogP contribution in [-0.4, -0.2) is 39.9 Å². The number of benzene rings is 3. The maximum absolute atomic E-state index is 13.6. The molecule has 8 nitrogen and oxygen atoms in total. The van der Waals surface area contributed by atoms with E-state index in [1.807, 2.05) is 13.0 Å². The smallest absolute Gasteiger partial charge is 0.264 e. The van der Waals surface area contributed by atoms with Gasteiger partial charge in [0.15, 0.2) is 0 Å². The first kappa shape index (κ1) is 25.2. The van der Waals surface area contributed by atoms with E-state index >= 15 is 0 Å². The number of nitrogens with zero attached hydrogens (tertiary/aromatic N) is 2. The van der Waals surface area contributed by atoms with Crippen LogP contribution in [0.3, 0.4) is 0 Å². The first-order valence-corrected chi connectivity index (χ1v) is 13.3. The van der Waals surface area contributed by atoms with Crippen molar-refractivity contribution in [2.45, 2.75) is 31.6 Å². The Morgan fingerprint density at radius 1 is 1.06 bits per heavy atom. The monoisotopic (exact) mass is 507 g/mol. The molecule has 1 aliphatic heterocycles. The van der Waals surface area contributed by atoms with Crippen LogP contribution >= 0.6 is 0 Å². The number of ether oxygens (including phenoxy) is 1. The summed E-state index contributed by atoms with van der Waals surface area (Å²) in [6, 6.07) is 20.0. The zero-order chi connectivity index (χ0) is 25.7. The van der Waals surface area contributed by atoms with Gasteiger partial charge in [0, 0.05) is 24.3 Å². The maximum Gasteiger partial charge on any atom is 0.264 e. The predicted octanol–water partition coefficient (Wildman–Crippen LogP) is 4.35. The Bertz CT molecular complexity index is 1360. The number of aryl methyl sites for hydroxylation is 1. The third-order valence-corrected chi connectivity index (χ3v) is 7.68. The van der Waals surface area contributed by atoms with Crippen molar-refractivity contribution in [3.05, 3.63) is 78.4 Å². The second-order valence-electron chi connectivity index (χ2n) is 8.42. The van der Waals surface area contributed by atoms with E-state index < -0.39 is 22.5 Å². The molecule has 0 aromatic heterocycles. The molecular formula is C27H29N3O5S. The zero-order valence-electron chi connectivity index (χ0n) is 20.3. The van der Waals surface area contributed by atoms with E-state index in [0.29, 0.717) is 31.0 Å². The second kappa shape index (κ2) is 10.8. The summed E-state index contributed by atoms with van der Waals surface area (Å²) in [7, 11) is -4.08. The normalized spacial score (nSPS) is 13.5. The van der Waals surface area contributed by atoms with Crippen LogP contribution in [0.25, 0.3) is 0 Å². The number of amides is 2. The van der Waals surface area contributed by atoms with E-state index in [2.05, 4.69) is 5.32 Å². The van der Waals surface area contributed by atoms with Gasteiger partial charge in [-0.25, -0.2) is 8.42 Å². The number of hydrogen-bond acceptors (Lipinski definition) is 5. The Balaban J connectivity index is 1.65. The van der Waals surface area contributed by atoms with E-state index in [4.69, 9.17) is 4.74 Å². The van der Waals surface area contributed by atoms with E-state index in [1.54, 1.807) is 66.4 Å². The van der Waals surface area contributed by atoms with Crippen LogP contribution in [0.5, 0.6) is 5.75 Å². The number of anilines is 3. The van der Waals surface area contributed by atoms with Gasteiger partial charge in [0.05, 0.1) is 17.2 Å². The molecule has 0 atom stereocenters. The van der Waals surface area contributed by atoms with E-state index in [9.17, 15) is 18.0 Å². The Morgan fingerprint density at radius 3 is 2.47 bits per heavy atom. The summed E-state index contributed by atoms with van der Waals surface area (Å²) in [4.78, 5) is 27.2. The van der Waals surface area contributed by atoms with Crippen LogP contribution in [-0.2, 0) is 19.6 Å². The molecule has 4 rings (SSSR count). The third-order valence-electron chi connectivity index (χ3n) is 5.91. The molecular weight excluding hydrogens is 478 g/mol. The van der Waals surface area contributed by atoms with Gasteiger partial charge in [0.1, 0.15) is 12.3 Å². The number of hydrogen-bond donors (Lipinski definition) is 1. The fraction of sp³-hybridized carbons (Fsp3) is 0.259. The fourth-order valence-corrected chi connectivity index (χ4v) is 5.62. The molecule has 1 fully saturated rings. The largest absolute Gasteiger partial charge is 0.492 e. The number of carbonyl (C=O) groups excluding carboxylic acids is 2. The van der Waals surface area contributed by atoms with Crippen molar-refractivity contribution in [2.24, 2.45) is 0 Å². The van der Waals surface area contributed by atoms with Crippen LogP contribution in [0.15, 0.2) is 77.7 Å². The molecule has 1 saturated heterocycles. The molecule has 9 heteroatoms. The summed E-state index contributed by atoms with van der Waals surface area (Å²) in [5.41, 5.74) is 2.41. The minimum Gasteiger partial charge on any atom is -0.492 e. The lowest BCUT2D eigenvalue weighted by Gasteiger charge is -2.26. The molecule has 3 aromatic rings. The molecule has 0 spiro atoms. The van der Waals surface area contributed by atoms with Crippen molar-refractivity contribution in [1.82, 2.24) is 0 Å². The van der Waals surface area contributed by atoms with Crippen molar-refractivity contribution in [3.63, 3.8) is 0 Å². The van der Waals surface area contributed by atoms with Gasteiger partial charge in [-0.1, -0.05) is 36.4 Å². The van der Waals surface area contributed by atoms with Gasteiger partial charge in [0.25, 0.3) is 10.0 Å². The van der Waals surface area contributed by atoms with Gasteiger partial charge in [-0.2, -0.15) is 0 Å². The Labute approximate surface area is 211 Å². The average molecular weight is 508 g/mol. The molecule has 3 aromatic carbocycles. The summed E-state index contributed by atoms with van der Waals surface area (Å²) in [5, 5.41) is 2.80. The van der Waals surface area contributed by atoms with Gasteiger partial charge in [-0.15, -0.1) is 0 Å². The SMILES string of the molecule is CCOc1ccccc1N(CC(=O)Nc1ccc(C)c(N2CCCC2=O)c1)S(=O)(=O)c1ccccc1. The van der Waals surface area contributed by atoms with Gasteiger partial charge in [0.2, 0.25) is 11.8 Å². The van der Waals surface area contributed by atoms with Crippen LogP contribution in [0.2, 0.25) is 0 Å². The molecule has 0 saturated carbocycles. The minimum absolute atomic E-state index is 0.0502. The summed E-state index contributed by atoms with van der Waals surface area (Å²) in [6.45, 7) is 4.22. The summed E-state index contributed by atoms with van der Waals surface area (Å²) in [5.74, 6) is -0.116. The third kappa shape index (κ3) is 5.36. The highest BCUT2D eigenvalue weighted by atomic mass is 32.2. The number of carbonyl (C=O) groups is 2. The fourth-order valence-electron chi connectivity index (χ4n) is 4.17. The van der Waals surface area contributed by atoms with Crippen LogP contribution < -0.4 is 19.3 Å². The van der Waals surface area contributed by atoms with E-state index in [-0.39, 0.29) is 16.5 Å². The highest BCUT2D eigenvalue weighted by molar-refractivity contribution is 7.92. The molecule has 1 aliphatic rings. The van der Waals surface area contributed by atoms with Crippen molar-refractivity contribution >= 4 is 38.9 Å². The number of nitrogens with one attached hydrogen (secondary N) is 1. The lowest BCUT2D eigenvalue weighted by molar-refractivity contribution is -0.117. The van der Waals surface area contributed by atoms with Gasteiger partial charge in [-0.05, 0) is 62.2 Å². The molecule has 2 amide bonds. The minimum atomic E-state index is -4.08. The highest BCUT2D eigenvalue weighted by Gasteiger charge is 2.29. The Morgan fingerprint density at radius 2 is 1.78 bits per heavy atom. The first-order valence-electron chi connectivity index (χ1n) is 11.8. The van der Waals surface area contributed by atoms with Crippen molar-refractivity contribution in [3.8, 4) is 5.75 Å². The molecule has 1 heterocycles. The molecule has 0 radical (unpaired) electrons. The summed E-state index contributed by atoms with van der Waals surface area (Å²) < 4.78 is 34.0. The van der Waals surface area contributed by atoms with Crippen molar-refractivity contribution < 1.29 is 22.7 Å². The number of rotatable bonds is 9. The van der Waals surface area contributed by atoms with Crippen LogP contribution in [0.1, 0.15) is 25.3 Å². The molecule has 36 heavy (non-hydrogen) atoms.